The van der Waals surface area contributed by atoms with Crippen molar-refractivity contribution in [3.05, 3.63) is 29.8 Å². The maximum Gasteiger partial charge on any atom is 0.410 e. The van der Waals surface area contributed by atoms with Gasteiger partial charge in [0.15, 0.2) is 12.8 Å². The van der Waals surface area contributed by atoms with Gasteiger partial charge in [0.2, 0.25) is 0 Å². The molecule has 8 nitrogen and oxygen atoms in total. The van der Waals surface area contributed by atoms with Crippen molar-refractivity contribution in [3.63, 3.8) is 0 Å². The Bertz CT molecular complexity index is 595. The predicted molar refractivity (Wildman–Crippen MR) is 93.7 cm³/mol. The molecular weight excluding hydrogens is 342 g/mol. The van der Waals surface area contributed by atoms with E-state index in [0.29, 0.717) is 11.3 Å². The number of methoxy groups -OCH3 is 2. The third-order valence-corrected chi connectivity index (χ3v) is 3.41. The number of esters is 1. The van der Waals surface area contributed by atoms with Gasteiger partial charge < -0.3 is 24.1 Å². The van der Waals surface area contributed by atoms with E-state index in [-0.39, 0.29) is 6.79 Å². The number of amides is 1. The lowest BCUT2D eigenvalue weighted by Gasteiger charge is -2.31. The summed E-state index contributed by atoms with van der Waals surface area (Å²) in [5.41, 5.74) is -0.322. The van der Waals surface area contributed by atoms with Gasteiger partial charge >= 0.3 is 12.1 Å². The van der Waals surface area contributed by atoms with Crippen LogP contribution in [0.2, 0.25) is 0 Å². The Hall–Kier alpha value is -2.32. The molecule has 0 spiro atoms. The number of aliphatic hydroxyl groups is 1. The van der Waals surface area contributed by atoms with Crippen molar-refractivity contribution in [2.45, 2.75) is 38.5 Å². The Labute approximate surface area is 153 Å². The Morgan fingerprint density at radius 3 is 2.19 bits per heavy atom. The SMILES string of the molecule is COCOc1ccc([C@H](O)[C@H](C(=O)OC)N(C)C(=O)OC(C)(C)C)cc1. The highest BCUT2D eigenvalue weighted by Crippen LogP contribution is 2.25. The van der Waals surface area contributed by atoms with E-state index in [1.807, 2.05) is 0 Å². The first-order valence-electron chi connectivity index (χ1n) is 8.04. The van der Waals surface area contributed by atoms with Crippen LogP contribution in [0.3, 0.4) is 0 Å². The average Bonchev–Trinajstić information content (AvgIpc) is 2.58. The highest BCUT2D eigenvalue weighted by molar-refractivity contribution is 5.82. The van der Waals surface area contributed by atoms with Gasteiger partial charge in [0.05, 0.1) is 7.11 Å². The number of nitrogens with zero attached hydrogens (tertiary/aromatic N) is 1. The average molecular weight is 369 g/mol. The van der Waals surface area contributed by atoms with Crippen LogP contribution < -0.4 is 4.74 Å². The first kappa shape index (κ1) is 21.7. The van der Waals surface area contributed by atoms with Crippen LogP contribution in [0.15, 0.2) is 24.3 Å². The molecule has 0 aliphatic carbocycles. The molecule has 0 saturated carbocycles. The monoisotopic (exact) mass is 369 g/mol. The number of ether oxygens (including phenoxy) is 4. The van der Waals surface area contributed by atoms with Gasteiger partial charge in [-0.3, -0.25) is 4.90 Å². The van der Waals surface area contributed by atoms with E-state index >= 15 is 0 Å². The summed E-state index contributed by atoms with van der Waals surface area (Å²) in [6.07, 6.45) is -2.05. The van der Waals surface area contributed by atoms with E-state index in [2.05, 4.69) is 0 Å². The van der Waals surface area contributed by atoms with Crippen LogP contribution in [0.4, 0.5) is 4.79 Å². The van der Waals surface area contributed by atoms with Gasteiger partial charge in [-0.25, -0.2) is 9.59 Å². The number of carbonyl (C=O) groups excluding carboxylic acids is 2. The first-order valence-corrected chi connectivity index (χ1v) is 8.04. The second kappa shape index (κ2) is 9.40. The molecule has 0 fully saturated rings. The fourth-order valence-electron chi connectivity index (χ4n) is 2.14. The van der Waals surface area contributed by atoms with Crippen molar-refractivity contribution in [1.29, 1.82) is 0 Å². The van der Waals surface area contributed by atoms with Crippen LogP contribution in [-0.2, 0) is 19.0 Å². The van der Waals surface area contributed by atoms with Gasteiger partial charge in [0.25, 0.3) is 0 Å². The fourth-order valence-corrected chi connectivity index (χ4v) is 2.14. The maximum absolute atomic E-state index is 12.3. The van der Waals surface area contributed by atoms with Crippen LogP contribution in [0.5, 0.6) is 5.75 Å². The summed E-state index contributed by atoms with van der Waals surface area (Å²) >= 11 is 0. The predicted octanol–water partition coefficient (Wildman–Crippen LogP) is 2.11. The van der Waals surface area contributed by atoms with Gasteiger partial charge in [-0.15, -0.1) is 0 Å². The molecule has 146 valence electrons. The van der Waals surface area contributed by atoms with Gasteiger partial charge in [-0.1, -0.05) is 12.1 Å². The molecule has 0 saturated heterocycles. The van der Waals surface area contributed by atoms with Crippen molar-refractivity contribution >= 4 is 12.1 Å². The lowest BCUT2D eigenvalue weighted by Crippen LogP contribution is -2.48. The number of hydrogen-bond acceptors (Lipinski definition) is 7. The second-order valence-corrected chi connectivity index (χ2v) is 6.62. The summed E-state index contributed by atoms with van der Waals surface area (Å²) in [5.74, 6) is -0.219. The van der Waals surface area contributed by atoms with E-state index in [1.54, 1.807) is 45.0 Å². The molecule has 1 aromatic rings. The van der Waals surface area contributed by atoms with Crippen LogP contribution in [0, 0.1) is 0 Å². The van der Waals surface area contributed by atoms with Gasteiger partial charge in [0.1, 0.15) is 17.5 Å². The van der Waals surface area contributed by atoms with Crippen LogP contribution >= 0.6 is 0 Å². The summed E-state index contributed by atoms with van der Waals surface area (Å²) in [4.78, 5) is 25.5. The molecule has 0 heterocycles. The maximum atomic E-state index is 12.3. The van der Waals surface area contributed by atoms with Crippen molar-refractivity contribution in [3.8, 4) is 5.75 Å². The number of carbonyl (C=O) groups is 2. The molecule has 2 atom stereocenters. The van der Waals surface area contributed by atoms with Crippen molar-refractivity contribution in [2.75, 3.05) is 28.1 Å². The van der Waals surface area contributed by atoms with Gasteiger partial charge in [-0.05, 0) is 38.5 Å². The third-order valence-electron chi connectivity index (χ3n) is 3.41. The Morgan fingerprint density at radius 1 is 1.15 bits per heavy atom. The van der Waals surface area contributed by atoms with Crippen molar-refractivity contribution < 1.29 is 33.6 Å². The highest BCUT2D eigenvalue weighted by Gasteiger charge is 2.37. The van der Waals surface area contributed by atoms with Crippen LogP contribution in [0.1, 0.15) is 32.4 Å². The number of rotatable bonds is 7. The second-order valence-electron chi connectivity index (χ2n) is 6.62. The van der Waals surface area contributed by atoms with Gasteiger partial charge in [-0.2, -0.15) is 0 Å². The van der Waals surface area contributed by atoms with Crippen molar-refractivity contribution in [2.24, 2.45) is 0 Å². The number of aliphatic hydroxyl groups excluding tert-OH is 1. The molecule has 1 amide bonds. The molecule has 0 radical (unpaired) electrons. The minimum absolute atomic E-state index is 0.0913. The summed E-state index contributed by atoms with van der Waals surface area (Å²) in [6, 6.07) is 5.17. The zero-order valence-electron chi connectivity index (χ0n) is 16.0. The summed E-state index contributed by atoms with van der Waals surface area (Å²) in [6.45, 7) is 5.22. The number of hydrogen-bond donors (Lipinski definition) is 1. The lowest BCUT2D eigenvalue weighted by atomic mass is 10.0. The standard InChI is InChI=1S/C18H27NO7/c1-18(2,3)26-17(22)19(4)14(16(21)24-6)15(20)12-7-9-13(10-8-12)25-11-23-5/h7-10,14-15,20H,11H2,1-6H3/t14-,15+/m1/s1. The fraction of sp³-hybridized carbons (Fsp3) is 0.556. The largest absolute Gasteiger partial charge is 0.468 e. The topological polar surface area (TPSA) is 94.5 Å². The Balaban J connectivity index is 3.01. The molecule has 8 heteroatoms. The molecule has 1 N–H and O–H groups in total. The summed E-state index contributed by atoms with van der Waals surface area (Å²) in [5, 5.41) is 10.7. The minimum Gasteiger partial charge on any atom is -0.468 e. The normalized spacial score (nSPS) is 13.5. The van der Waals surface area contributed by atoms with Crippen LogP contribution in [-0.4, -0.2) is 61.8 Å². The summed E-state index contributed by atoms with van der Waals surface area (Å²) < 4.78 is 20.1. The van der Waals surface area contributed by atoms with E-state index in [0.717, 1.165) is 4.90 Å². The molecule has 0 aliphatic heterocycles. The van der Waals surface area contributed by atoms with E-state index in [4.69, 9.17) is 18.9 Å². The zero-order chi connectivity index (χ0) is 19.9. The minimum atomic E-state index is -1.31. The molecule has 0 unspecified atom stereocenters. The van der Waals surface area contributed by atoms with E-state index < -0.39 is 29.8 Å². The van der Waals surface area contributed by atoms with Crippen molar-refractivity contribution in [1.82, 2.24) is 4.90 Å². The van der Waals surface area contributed by atoms with Gasteiger partial charge in [0, 0.05) is 14.2 Å². The third kappa shape index (κ3) is 6.20. The molecule has 1 aromatic carbocycles. The number of likely N-dealkylation sites (N-methyl/N-ethyl adjacent to an activating group) is 1. The lowest BCUT2D eigenvalue weighted by molar-refractivity contribution is -0.150. The molecule has 1 rings (SSSR count). The zero-order valence-corrected chi connectivity index (χ0v) is 16.0. The quantitative estimate of drug-likeness (QED) is 0.581. The number of benzene rings is 1. The molecule has 0 bridgehead atoms. The smallest absolute Gasteiger partial charge is 0.410 e. The van der Waals surface area contributed by atoms with Crippen LogP contribution in [0.25, 0.3) is 0 Å². The molecular formula is C18H27NO7. The van der Waals surface area contributed by atoms with E-state index in [1.165, 1.54) is 21.3 Å². The molecule has 26 heavy (non-hydrogen) atoms. The molecule has 0 aliphatic rings. The first-order chi connectivity index (χ1) is 12.1. The molecule has 0 aromatic heterocycles. The van der Waals surface area contributed by atoms with E-state index in [9.17, 15) is 14.7 Å². The Morgan fingerprint density at radius 2 is 1.73 bits per heavy atom. The summed E-state index contributed by atoms with van der Waals surface area (Å²) in [7, 11) is 4.06. The highest BCUT2D eigenvalue weighted by atomic mass is 16.7. The Kier molecular flexibility index (Phi) is 7.85.